The fourth-order valence-corrected chi connectivity index (χ4v) is 10.4. The number of Topliss-reactive ketones (excluding diaryl/α,β-unsaturated/α-hetero) is 1. The summed E-state index contributed by atoms with van der Waals surface area (Å²) in [6.45, 7) is 19.4. The number of alkyl carbamates (subject to hydrolysis) is 1. The first-order chi connectivity index (χ1) is 32.9. The zero-order chi connectivity index (χ0) is 53.1. The van der Waals surface area contributed by atoms with Gasteiger partial charge in [-0.2, -0.15) is 0 Å². The van der Waals surface area contributed by atoms with Gasteiger partial charge in [0.2, 0.25) is 11.8 Å². The zero-order valence-electron chi connectivity index (χ0n) is 43.3. The number of hydrogen-bond acceptors (Lipinski definition) is 13. The van der Waals surface area contributed by atoms with E-state index in [4.69, 9.17) is 19.6 Å². The van der Waals surface area contributed by atoms with Crippen molar-refractivity contribution in [3.63, 3.8) is 0 Å². The summed E-state index contributed by atoms with van der Waals surface area (Å²) in [6.07, 6.45) is -0.0947. The van der Waals surface area contributed by atoms with Crippen molar-refractivity contribution in [1.29, 1.82) is 5.41 Å². The summed E-state index contributed by atoms with van der Waals surface area (Å²) in [5.74, 6) is -3.56. The molecule has 6 N–H and O–H groups in total. The highest BCUT2D eigenvalue weighted by atomic mass is 32.2. The second-order valence-electron chi connectivity index (χ2n) is 21.1. The van der Waals surface area contributed by atoms with Gasteiger partial charge in [0.1, 0.15) is 34.6 Å². The number of ether oxygens (including phenoxy) is 3. The largest absolute Gasteiger partial charge is 0.487 e. The summed E-state index contributed by atoms with van der Waals surface area (Å²) in [6, 6.07) is 3.74. The molecule has 1 saturated heterocycles. The van der Waals surface area contributed by atoms with Crippen molar-refractivity contribution < 1.29 is 56.2 Å². The average molecular weight is 1010 g/mol. The molecule has 2 aliphatic rings. The number of sulfone groups is 1. The lowest BCUT2D eigenvalue weighted by Gasteiger charge is -2.29. The molecule has 392 valence electrons. The molecule has 0 bridgehead atoms. The Balaban J connectivity index is 1.57. The van der Waals surface area contributed by atoms with Crippen molar-refractivity contribution in [2.24, 2.45) is 0 Å². The molecule has 0 unspecified atom stereocenters. The van der Waals surface area contributed by atoms with Crippen LogP contribution in [0.2, 0.25) is 0 Å². The molecule has 1 fully saturated rings. The van der Waals surface area contributed by atoms with Crippen molar-refractivity contribution in [3.05, 3.63) is 58.1 Å². The Labute approximate surface area is 418 Å². The summed E-state index contributed by atoms with van der Waals surface area (Å²) in [5, 5.41) is 20.3. The first-order valence-electron chi connectivity index (χ1n) is 24.3. The minimum absolute atomic E-state index is 0.0271. The van der Waals surface area contributed by atoms with Gasteiger partial charge in [0.05, 0.1) is 29.7 Å². The van der Waals surface area contributed by atoms with Gasteiger partial charge in [-0.3, -0.25) is 29.4 Å². The Morgan fingerprint density at radius 1 is 0.803 bits per heavy atom. The Hall–Kier alpha value is -6.05. The van der Waals surface area contributed by atoms with Gasteiger partial charge in [0.15, 0.2) is 15.6 Å². The Bertz CT molecular complexity index is 2430. The van der Waals surface area contributed by atoms with Crippen LogP contribution in [0.4, 0.5) is 9.59 Å². The first-order valence-corrected chi connectivity index (χ1v) is 25.9. The monoisotopic (exact) mass is 1010 g/mol. The third kappa shape index (κ3) is 17.9. The lowest BCUT2D eigenvalue weighted by atomic mass is 9.94. The predicted molar refractivity (Wildman–Crippen MR) is 266 cm³/mol. The molecule has 2 heterocycles. The lowest BCUT2D eigenvalue weighted by molar-refractivity contribution is -0.157. The topological polar surface area (TPSA) is 269 Å². The maximum atomic E-state index is 14.3. The number of unbranched alkanes of at least 4 members (excludes halogenated alkanes) is 2. The van der Waals surface area contributed by atoms with Crippen LogP contribution in [0.15, 0.2) is 35.2 Å². The van der Waals surface area contributed by atoms with Crippen LogP contribution in [0.25, 0.3) is 0 Å². The van der Waals surface area contributed by atoms with Crippen LogP contribution in [0.1, 0.15) is 147 Å². The standard InChI is InChI=1S/C51H75N7O12S/c1-31-32(2)44(33(3)36-28-51(10,11)69-43(31)36)71(66,67)30-35(52)21-15-16-22-37-40(59)24-25-41(60)54-39(27-42(61)68-49(4,5)6)46(63)57-58(29-34-19-13-12-14-20-34)47(64)56-38(45(62)55-37)23-17-18-26-53-48(65)70-50(7,8)9/h12-14,19-20,37-39,52H,15-18,21-30H2,1-11H3,(H,53,65)(H,54,60)(H,55,62)(H,56,64)(H,57,63)/t37-,38-,39-/m0/s1. The average Bonchev–Trinajstić information content (AvgIpc) is 3.58. The van der Waals surface area contributed by atoms with E-state index in [1.807, 2.05) is 20.8 Å². The van der Waals surface area contributed by atoms with E-state index in [2.05, 4.69) is 26.7 Å². The van der Waals surface area contributed by atoms with E-state index in [1.54, 1.807) is 85.7 Å². The van der Waals surface area contributed by atoms with Crippen LogP contribution >= 0.6 is 0 Å². The van der Waals surface area contributed by atoms with Crippen molar-refractivity contribution in [2.45, 2.75) is 193 Å². The number of carbonyl (C=O) groups excluding carboxylic acids is 7. The van der Waals surface area contributed by atoms with Crippen molar-refractivity contribution in [3.8, 4) is 5.75 Å². The molecule has 71 heavy (non-hydrogen) atoms. The molecule has 4 rings (SSSR count). The Morgan fingerprint density at radius 2 is 1.44 bits per heavy atom. The minimum Gasteiger partial charge on any atom is -0.487 e. The first kappa shape index (κ1) is 57.5. The number of rotatable bonds is 17. The molecule has 2 aliphatic heterocycles. The number of ketones is 1. The Morgan fingerprint density at radius 3 is 2.08 bits per heavy atom. The molecule has 0 spiro atoms. The number of nitrogens with zero attached hydrogens (tertiary/aromatic N) is 1. The van der Waals surface area contributed by atoms with Gasteiger partial charge in [-0.15, -0.1) is 0 Å². The summed E-state index contributed by atoms with van der Waals surface area (Å²) >= 11 is 0. The molecular formula is C51H75N7O12S. The number of fused-ring (bicyclic) bond motifs is 1. The van der Waals surface area contributed by atoms with E-state index in [0.717, 1.165) is 16.1 Å². The third-order valence-electron chi connectivity index (χ3n) is 11.8. The number of amides is 6. The van der Waals surface area contributed by atoms with Crippen molar-refractivity contribution >= 4 is 57.1 Å². The predicted octanol–water partition coefficient (Wildman–Crippen LogP) is 6.05. The molecule has 2 aromatic rings. The van der Waals surface area contributed by atoms with Crippen LogP contribution in [-0.2, 0) is 56.2 Å². The van der Waals surface area contributed by atoms with Gasteiger partial charge >= 0.3 is 18.1 Å². The highest BCUT2D eigenvalue weighted by Gasteiger charge is 2.37. The van der Waals surface area contributed by atoms with Crippen LogP contribution in [0.5, 0.6) is 5.75 Å². The number of benzene rings is 2. The van der Waals surface area contributed by atoms with E-state index in [1.165, 1.54) is 0 Å². The molecule has 6 amide bonds. The van der Waals surface area contributed by atoms with E-state index in [-0.39, 0.29) is 62.2 Å². The minimum atomic E-state index is -3.94. The maximum Gasteiger partial charge on any atom is 0.407 e. The van der Waals surface area contributed by atoms with Gasteiger partial charge in [-0.25, -0.2) is 23.0 Å². The van der Waals surface area contributed by atoms with Crippen molar-refractivity contribution in [1.82, 2.24) is 31.7 Å². The highest BCUT2D eigenvalue weighted by molar-refractivity contribution is 7.92. The number of esters is 1. The SMILES string of the molecule is Cc1c(C)c(S(=O)(=O)CC(=N)CCCC[C@@H]2NC(=O)[C@H](CCCCNC(=O)OC(C)(C)C)NC(=O)N(Cc3ccccc3)NC(=O)[C@H](CC(=O)OC(C)(C)C)NC(=O)CCC2=O)c(C)c2c1OC(C)(C)C2. The summed E-state index contributed by atoms with van der Waals surface area (Å²) in [5.41, 5.74) is 3.73. The van der Waals surface area contributed by atoms with Crippen LogP contribution in [0.3, 0.4) is 0 Å². The fraction of sp³-hybridized carbons (Fsp3) is 0.608. The van der Waals surface area contributed by atoms with Gasteiger partial charge in [-0.1, -0.05) is 36.8 Å². The maximum absolute atomic E-state index is 14.3. The molecule has 0 aliphatic carbocycles. The van der Waals surface area contributed by atoms with Crippen LogP contribution in [-0.4, -0.2) is 108 Å². The van der Waals surface area contributed by atoms with Crippen molar-refractivity contribution in [2.75, 3.05) is 12.3 Å². The van der Waals surface area contributed by atoms with Gasteiger partial charge in [-0.05, 0) is 137 Å². The van der Waals surface area contributed by atoms with Gasteiger partial charge in [0.25, 0.3) is 5.91 Å². The number of hydrogen-bond donors (Lipinski definition) is 6. The molecule has 2 aromatic carbocycles. The quantitative estimate of drug-likeness (QED) is 0.0601. The normalized spacial score (nSPS) is 19.2. The van der Waals surface area contributed by atoms with Gasteiger partial charge in [0, 0.05) is 37.1 Å². The van der Waals surface area contributed by atoms with Crippen LogP contribution in [0, 0.1) is 26.2 Å². The van der Waals surface area contributed by atoms with E-state index in [9.17, 15) is 42.0 Å². The van der Waals surface area contributed by atoms with E-state index in [0.29, 0.717) is 41.7 Å². The third-order valence-corrected chi connectivity index (χ3v) is 13.8. The molecule has 0 saturated carbocycles. The number of carbonyl (C=O) groups is 7. The van der Waals surface area contributed by atoms with E-state index < -0.39 is 105 Å². The molecule has 19 nitrogen and oxygen atoms in total. The molecule has 0 aromatic heterocycles. The second-order valence-corrected chi connectivity index (χ2v) is 23.0. The lowest BCUT2D eigenvalue weighted by Crippen LogP contribution is -2.59. The Kier molecular flexibility index (Phi) is 19.8. The second kappa shape index (κ2) is 24.4. The molecule has 0 radical (unpaired) electrons. The van der Waals surface area contributed by atoms with E-state index >= 15 is 0 Å². The van der Waals surface area contributed by atoms with Gasteiger partial charge < -0.3 is 40.9 Å². The molecule has 20 heteroatoms. The van der Waals surface area contributed by atoms with Crippen LogP contribution < -0.4 is 31.4 Å². The fourth-order valence-electron chi connectivity index (χ4n) is 8.41. The number of urea groups is 1. The molecule has 3 atom stereocenters. The summed E-state index contributed by atoms with van der Waals surface area (Å²) in [4.78, 5) is 95.4. The summed E-state index contributed by atoms with van der Waals surface area (Å²) < 4.78 is 44.8. The number of hydrazine groups is 1. The molecular weight excluding hydrogens is 935 g/mol. The zero-order valence-corrected chi connectivity index (χ0v) is 44.1. The number of nitrogens with one attached hydrogen (secondary N) is 6. The smallest absolute Gasteiger partial charge is 0.407 e. The highest BCUT2D eigenvalue weighted by Crippen LogP contribution is 2.44. The summed E-state index contributed by atoms with van der Waals surface area (Å²) in [7, 11) is -3.94.